The highest BCUT2D eigenvalue weighted by atomic mass is 19.3. The lowest BCUT2D eigenvalue weighted by atomic mass is 10.1. The van der Waals surface area contributed by atoms with E-state index < -0.39 is 12.0 Å². The summed E-state index contributed by atoms with van der Waals surface area (Å²) in [5, 5.41) is 5.53. The molecule has 0 aromatic heterocycles. The molecule has 2 N–H and O–H groups in total. The molecule has 25 heavy (non-hydrogen) atoms. The molecule has 1 saturated carbocycles. The van der Waals surface area contributed by atoms with Gasteiger partial charge in [0.1, 0.15) is 5.75 Å². The number of rotatable bonds is 4. The lowest BCUT2D eigenvalue weighted by Crippen LogP contribution is -2.44. The van der Waals surface area contributed by atoms with Crippen molar-refractivity contribution in [3.63, 3.8) is 0 Å². The number of anilines is 1. The van der Waals surface area contributed by atoms with Gasteiger partial charge >= 0.3 is 6.03 Å². The Labute approximate surface area is 144 Å². The molecule has 2 aliphatic rings. The van der Waals surface area contributed by atoms with E-state index >= 15 is 0 Å². The molecule has 1 aromatic rings. The van der Waals surface area contributed by atoms with Crippen molar-refractivity contribution in [1.29, 1.82) is 0 Å². The Morgan fingerprint density at radius 2 is 1.92 bits per heavy atom. The SMILES string of the molecule is COc1ccc(C(=O)NC2CC2)cc1NC(=O)N1CCC(F)(F)CC1. The minimum atomic E-state index is -2.71. The third-order valence-corrected chi connectivity index (χ3v) is 4.40. The Hall–Kier alpha value is -2.38. The number of carbonyl (C=O) groups is 2. The van der Waals surface area contributed by atoms with Crippen LogP contribution in [0.25, 0.3) is 0 Å². The summed E-state index contributed by atoms with van der Waals surface area (Å²) < 4.78 is 31.6. The Balaban J connectivity index is 1.69. The first-order chi connectivity index (χ1) is 11.9. The van der Waals surface area contributed by atoms with E-state index in [1.165, 1.54) is 18.1 Å². The molecular formula is C17H21F2N3O3. The summed E-state index contributed by atoms with van der Waals surface area (Å²) in [6, 6.07) is 4.50. The van der Waals surface area contributed by atoms with Crippen LogP contribution >= 0.6 is 0 Å². The number of benzene rings is 1. The third-order valence-electron chi connectivity index (χ3n) is 4.40. The molecule has 1 aliphatic heterocycles. The van der Waals surface area contributed by atoms with Crippen molar-refractivity contribution in [2.45, 2.75) is 37.6 Å². The van der Waals surface area contributed by atoms with Crippen LogP contribution in [0.4, 0.5) is 19.3 Å². The molecular weight excluding hydrogens is 332 g/mol. The van der Waals surface area contributed by atoms with Crippen LogP contribution in [0, 0.1) is 0 Å². The number of methoxy groups -OCH3 is 1. The standard InChI is InChI=1S/C17H21F2N3O3/c1-25-14-5-2-11(15(23)20-12-3-4-12)10-13(14)21-16(24)22-8-6-17(18,19)7-9-22/h2,5,10,12H,3-4,6-9H2,1H3,(H,20,23)(H,21,24). The highest BCUT2D eigenvalue weighted by Crippen LogP contribution is 2.30. The van der Waals surface area contributed by atoms with Crippen molar-refractivity contribution < 1.29 is 23.1 Å². The maximum absolute atomic E-state index is 13.2. The Kier molecular flexibility index (Phi) is 4.78. The summed E-state index contributed by atoms with van der Waals surface area (Å²) in [7, 11) is 1.45. The largest absolute Gasteiger partial charge is 0.495 e. The number of amides is 3. The van der Waals surface area contributed by atoms with Crippen LogP contribution in [0.1, 0.15) is 36.0 Å². The smallest absolute Gasteiger partial charge is 0.321 e. The first kappa shape index (κ1) is 17.4. The predicted molar refractivity (Wildman–Crippen MR) is 88.3 cm³/mol. The first-order valence-electron chi connectivity index (χ1n) is 8.30. The maximum atomic E-state index is 13.2. The van der Waals surface area contributed by atoms with Crippen molar-refractivity contribution in [3.8, 4) is 5.75 Å². The number of likely N-dealkylation sites (tertiary alicyclic amines) is 1. The topological polar surface area (TPSA) is 70.7 Å². The predicted octanol–water partition coefficient (Wildman–Crippen LogP) is 2.85. The van der Waals surface area contributed by atoms with Gasteiger partial charge in [0.25, 0.3) is 11.8 Å². The number of halogens is 2. The van der Waals surface area contributed by atoms with E-state index in [9.17, 15) is 18.4 Å². The number of piperidine rings is 1. The van der Waals surface area contributed by atoms with E-state index in [2.05, 4.69) is 10.6 Å². The van der Waals surface area contributed by atoms with Crippen molar-refractivity contribution >= 4 is 17.6 Å². The Morgan fingerprint density at radius 1 is 1.24 bits per heavy atom. The van der Waals surface area contributed by atoms with Gasteiger partial charge < -0.3 is 20.3 Å². The number of carbonyl (C=O) groups excluding carboxylic acids is 2. The quantitative estimate of drug-likeness (QED) is 0.874. The van der Waals surface area contributed by atoms with Crippen molar-refractivity contribution in [1.82, 2.24) is 10.2 Å². The minimum Gasteiger partial charge on any atom is -0.495 e. The molecule has 2 fully saturated rings. The van der Waals surface area contributed by atoms with Gasteiger partial charge in [0.2, 0.25) is 0 Å². The summed E-state index contributed by atoms with van der Waals surface area (Å²) in [6.45, 7) is -0.0218. The van der Waals surface area contributed by atoms with Gasteiger partial charge in [-0.25, -0.2) is 13.6 Å². The fourth-order valence-corrected chi connectivity index (χ4v) is 2.67. The molecule has 136 valence electrons. The molecule has 1 saturated heterocycles. The lowest BCUT2D eigenvalue weighted by molar-refractivity contribution is -0.0461. The van der Waals surface area contributed by atoms with Crippen molar-refractivity contribution in [2.24, 2.45) is 0 Å². The molecule has 0 radical (unpaired) electrons. The first-order valence-corrected chi connectivity index (χ1v) is 8.30. The monoisotopic (exact) mass is 353 g/mol. The number of alkyl halides is 2. The van der Waals surface area contributed by atoms with Crippen LogP contribution in [0.15, 0.2) is 18.2 Å². The van der Waals surface area contributed by atoms with E-state index in [-0.39, 0.29) is 37.9 Å². The zero-order valence-corrected chi connectivity index (χ0v) is 14.0. The molecule has 1 heterocycles. The molecule has 0 spiro atoms. The zero-order chi connectivity index (χ0) is 18.0. The van der Waals surface area contributed by atoms with E-state index in [0.717, 1.165) is 12.8 Å². The highest BCUT2D eigenvalue weighted by molar-refractivity contribution is 5.98. The Morgan fingerprint density at radius 3 is 2.52 bits per heavy atom. The summed E-state index contributed by atoms with van der Waals surface area (Å²) in [5.74, 6) is -2.52. The second-order valence-corrected chi connectivity index (χ2v) is 6.44. The summed E-state index contributed by atoms with van der Waals surface area (Å²) in [6.07, 6.45) is 1.26. The second-order valence-electron chi connectivity index (χ2n) is 6.44. The minimum absolute atomic E-state index is 0.0109. The van der Waals surface area contributed by atoms with Gasteiger partial charge in [0.05, 0.1) is 12.8 Å². The third kappa shape index (κ3) is 4.37. The van der Waals surface area contributed by atoms with Crippen molar-refractivity contribution in [3.05, 3.63) is 23.8 Å². The van der Waals surface area contributed by atoms with E-state index in [0.29, 0.717) is 17.0 Å². The molecule has 0 unspecified atom stereocenters. The van der Waals surface area contributed by atoms with Gasteiger partial charge in [0.15, 0.2) is 0 Å². The number of ether oxygens (including phenoxy) is 1. The summed E-state index contributed by atoms with van der Waals surface area (Å²) >= 11 is 0. The molecule has 0 bridgehead atoms. The van der Waals surface area contributed by atoms with Gasteiger partial charge in [0, 0.05) is 37.5 Å². The number of hydrogen-bond donors (Lipinski definition) is 2. The maximum Gasteiger partial charge on any atom is 0.321 e. The molecule has 0 atom stereocenters. The second kappa shape index (κ2) is 6.85. The van der Waals surface area contributed by atoms with Crippen LogP contribution in [0.2, 0.25) is 0 Å². The summed E-state index contributed by atoms with van der Waals surface area (Å²) in [4.78, 5) is 25.8. The fraction of sp³-hybridized carbons (Fsp3) is 0.529. The molecule has 3 amide bonds. The van der Waals surface area contributed by atoms with Crippen LogP contribution in [-0.2, 0) is 0 Å². The molecule has 1 aromatic carbocycles. The number of hydrogen-bond acceptors (Lipinski definition) is 3. The van der Waals surface area contributed by atoms with Crippen molar-refractivity contribution in [2.75, 3.05) is 25.5 Å². The summed E-state index contributed by atoms with van der Waals surface area (Å²) in [5.41, 5.74) is 0.751. The Bertz CT molecular complexity index is 667. The average Bonchev–Trinajstić information content (AvgIpc) is 3.38. The van der Waals surface area contributed by atoms with E-state index in [4.69, 9.17) is 4.74 Å². The normalized spacial score (nSPS) is 19.2. The van der Waals surface area contributed by atoms with Gasteiger partial charge in [-0.2, -0.15) is 0 Å². The van der Waals surface area contributed by atoms with E-state index in [1.807, 2.05) is 0 Å². The molecule has 3 rings (SSSR count). The number of urea groups is 1. The van der Waals surface area contributed by atoms with Crippen LogP contribution < -0.4 is 15.4 Å². The van der Waals surface area contributed by atoms with Gasteiger partial charge in [-0.1, -0.05) is 0 Å². The zero-order valence-electron chi connectivity index (χ0n) is 14.0. The fourth-order valence-electron chi connectivity index (χ4n) is 2.67. The number of nitrogens with one attached hydrogen (secondary N) is 2. The van der Waals surface area contributed by atoms with Gasteiger partial charge in [-0.15, -0.1) is 0 Å². The lowest BCUT2D eigenvalue weighted by Gasteiger charge is -2.31. The van der Waals surface area contributed by atoms with E-state index in [1.54, 1.807) is 12.1 Å². The van der Waals surface area contributed by atoms with Gasteiger partial charge in [-0.3, -0.25) is 4.79 Å². The van der Waals surface area contributed by atoms with Crippen LogP contribution in [0.3, 0.4) is 0 Å². The van der Waals surface area contributed by atoms with Gasteiger partial charge in [-0.05, 0) is 31.0 Å². The highest BCUT2D eigenvalue weighted by Gasteiger charge is 2.35. The molecule has 8 heteroatoms. The van der Waals surface area contributed by atoms with Crippen LogP contribution in [0.5, 0.6) is 5.75 Å². The molecule has 1 aliphatic carbocycles. The number of nitrogens with zero attached hydrogens (tertiary/aromatic N) is 1. The average molecular weight is 353 g/mol. The molecule has 6 nitrogen and oxygen atoms in total. The van der Waals surface area contributed by atoms with Crippen LogP contribution in [-0.4, -0.2) is 49.0 Å².